The van der Waals surface area contributed by atoms with E-state index in [1.54, 1.807) is 0 Å². The molecule has 0 bridgehead atoms. The Bertz CT molecular complexity index is 264. The summed E-state index contributed by atoms with van der Waals surface area (Å²) < 4.78 is 0. The molecule has 13 heavy (non-hydrogen) atoms. The maximum Gasteiger partial charge on any atom is 0.140 e. The molecule has 0 radical (unpaired) electrons. The zero-order valence-electron chi connectivity index (χ0n) is 8.60. The molecule has 2 aliphatic rings. The fourth-order valence-electron chi connectivity index (χ4n) is 3.25. The monoisotopic (exact) mass is 178 g/mol. The number of allylic oxidation sites excluding steroid dienone is 1. The molecule has 0 aliphatic heterocycles. The lowest BCUT2D eigenvalue weighted by molar-refractivity contribution is -0.136. The van der Waals surface area contributed by atoms with E-state index >= 15 is 0 Å². The highest BCUT2D eigenvalue weighted by Crippen LogP contribution is 2.60. The molecule has 0 unspecified atom stereocenters. The first-order valence-electron chi connectivity index (χ1n) is 5.28. The van der Waals surface area contributed by atoms with Gasteiger partial charge < -0.3 is 0 Å². The molecule has 0 spiro atoms. The number of Topliss-reactive ketones (excluding diaryl/α,β-unsaturated/α-hetero) is 1. The second kappa shape index (κ2) is 2.70. The van der Waals surface area contributed by atoms with Gasteiger partial charge in [-0.05, 0) is 30.6 Å². The summed E-state index contributed by atoms with van der Waals surface area (Å²) in [5.41, 5.74) is 1.50. The van der Waals surface area contributed by atoms with Gasteiger partial charge in [0.15, 0.2) is 0 Å². The second-order valence-corrected chi connectivity index (χ2v) is 4.98. The van der Waals surface area contributed by atoms with Crippen molar-refractivity contribution >= 4 is 5.78 Å². The largest absolute Gasteiger partial charge is 0.299 e. The van der Waals surface area contributed by atoms with E-state index in [9.17, 15) is 4.79 Å². The van der Waals surface area contributed by atoms with E-state index in [1.165, 1.54) is 12.0 Å². The van der Waals surface area contributed by atoms with Crippen LogP contribution >= 0.6 is 0 Å². The molecule has 0 aromatic rings. The molecule has 0 saturated heterocycles. The third kappa shape index (κ3) is 1.02. The van der Waals surface area contributed by atoms with Crippen LogP contribution in [-0.4, -0.2) is 5.78 Å². The van der Waals surface area contributed by atoms with Crippen LogP contribution in [0.5, 0.6) is 0 Å². The van der Waals surface area contributed by atoms with Crippen molar-refractivity contribution in [3.05, 3.63) is 12.2 Å². The average molecular weight is 178 g/mol. The van der Waals surface area contributed by atoms with Crippen LogP contribution in [0.3, 0.4) is 0 Å². The molecule has 0 heterocycles. The predicted molar refractivity (Wildman–Crippen MR) is 53.4 cm³/mol. The zero-order valence-corrected chi connectivity index (χ0v) is 8.60. The van der Waals surface area contributed by atoms with Crippen LogP contribution in [0, 0.1) is 17.3 Å². The molecule has 0 aromatic carbocycles. The first-order valence-corrected chi connectivity index (χ1v) is 5.28. The first kappa shape index (κ1) is 8.98. The van der Waals surface area contributed by atoms with Gasteiger partial charge in [-0.25, -0.2) is 0 Å². The minimum atomic E-state index is 0.223. The normalized spacial score (nSPS) is 38.8. The Kier molecular flexibility index (Phi) is 1.86. The number of carbonyl (C=O) groups excluding carboxylic acids is 1. The van der Waals surface area contributed by atoms with Crippen molar-refractivity contribution < 1.29 is 4.79 Å². The molecule has 1 nitrogen and oxygen atoms in total. The van der Waals surface area contributed by atoms with Crippen LogP contribution in [0.2, 0.25) is 0 Å². The number of carbonyl (C=O) groups is 1. The van der Waals surface area contributed by atoms with Crippen molar-refractivity contribution in [2.75, 3.05) is 0 Å². The fraction of sp³-hybridized carbons (Fsp3) is 0.750. The third-order valence-corrected chi connectivity index (χ3v) is 4.08. The van der Waals surface area contributed by atoms with Gasteiger partial charge in [0, 0.05) is 12.3 Å². The van der Waals surface area contributed by atoms with E-state index in [0.29, 0.717) is 17.1 Å². The highest BCUT2D eigenvalue weighted by Gasteiger charge is 2.55. The predicted octanol–water partition coefficient (Wildman–Crippen LogP) is 2.96. The molecular formula is C12H18O. The van der Waals surface area contributed by atoms with Crippen molar-refractivity contribution in [3.63, 3.8) is 0 Å². The summed E-state index contributed by atoms with van der Waals surface area (Å²) in [5.74, 6) is 1.31. The van der Waals surface area contributed by atoms with Gasteiger partial charge in [-0.1, -0.05) is 26.0 Å². The molecule has 0 aromatic heterocycles. The Labute approximate surface area is 80.2 Å². The smallest absolute Gasteiger partial charge is 0.140 e. The van der Waals surface area contributed by atoms with Crippen LogP contribution in [0.1, 0.15) is 39.5 Å². The Morgan fingerprint density at radius 3 is 2.69 bits per heavy atom. The van der Waals surface area contributed by atoms with Crippen LogP contribution in [0.4, 0.5) is 0 Å². The maximum atomic E-state index is 11.7. The molecule has 1 heteroatoms. The number of ketones is 1. The minimum absolute atomic E-state index is 0.223. The highest BCUT2D eigenvalue weighted by atomic mass is 16.1. The molecule has 2 aliphatic carbocycles. The van der Waals surface area contributed by atoms with Crippen molar-refractivity contribution in [2.24, 2.45) is 17.3 Å². The van der Waals surface area contributed by atoms with E-state index in [0.717, 1.165) is 19.3 Å². The van der Waals surface area contributed by atoms with Crippen LogP contribution in [0.15, 0.2) is 12.2 Å². The summed E-state index contributed by atoms with van der Waals surface area (Å²) in [5, 5.41) is 0. The van der Waals surface area contributed by atoms with Gasteiger partial charge in [-0.3, -0.25) is 4.79 Å². The summed E-state index contributed by atoms with van der Waals surface area (Å²) in [6.45, 7) is 8.50. The number of hydrogen-bond acceptors (Lipinski definition) is 1. The van der Waals surface area contributed by atoms with Crippen molar-refractivity contribution in [1.29, 1.82) is 0 Å². The highest BCUT2D eigenvalue weighted by molar-refractivity contribution is 5.87. The lowest BCUT2D eigenvalue weighted by Crippen LogP contribution is -2.52. The molecule has 72 valence electrons. The Morgan fingerprint density at radius 1 is 1.54 bits per heavy atom. The molecule has 2 saturated carbocycles. The average Bonchev–Trinajstić information content (AvgIpc) is 2.00. The van der Waals surface area contributed by atoms with Gasteiger partial charge >= 0.3 is 0 Å². The topological polar surface area (TPSA) is 17.1 Å². The maximum absolute atomic E-state index is 11.7. The molecule has 0 N–H and O–H groups in total. The van der Waals surface area contributed by atoms with Crippen molar-refractivity contribution in [1.82, 2.24) is 0 Å². The Hall–Kier alpha value is -0.590. The van der Waals surface area contributed by atoms with Gasteiger partial charge in [0.25, 0.3) is 0 Å². The summed E-state index contributed by atoms with van der Waals surface area (Å²) in [6.07, 6.45) is 4.22. The van der Waals surface area contributed by atoms with Gasteiger partial charge in [0.1, 0.15) is 5.78 Å². The van der Waals surface area contributed by atoms with Crippen LogP contribution < -0.4 is 0 Å². The molecular weight excluding hydrogens is 160 g/mol. The van der Waals surface area contributed by atoms with E-state index in [2.05, 4.69) is 20.4 Å². The lowest BCUT2D eigenvalue weighted by Gasteiger charge is -2.56. The van der Waals surface area contributed by atoms with E-state index in [4.69, 9.17) is 0 Å². The second-order valence-electron chi connectivity index (χ2n) is 4.98. The van der Waals surface area contributed by atoms with Crippen LogP contribution in [-0.2, 0) is 4.79 Å². The minimum Gasteiger partial charge on any atom is -0.299 e. The Balaban J connectivity index is 2.28. The molecule has 2 fully saturated rings. The van der Waals surface area contributed by atoms with Gasteiger partial charge in [-0.2, -0.15) is 0 Å². The van der Waals surface area contributed by atoms with Crippen molar-refractivity contribution in [2.45, 2.75) is 39.5 Å². The Morgan fingerprint density at radius 2 is 2.23 bits per heavy atom. The first-order chi connectivity index (χ1) is 6.08. The van der Waals surface area contributed by atoms with E-state index in [-0.39, 0.29) is 5.92 Å². The van der Waals surface area contributed by atoms with Gasteiger partial charge in [0.05, 0.1) is 0 Å². The van der Waals surface area contributed by atoms with Gasteiger partial charge in [-0.15, -0.1) is 0 Å². The number of fused-ring (bicyclic) bond motifs is 1. The fourth-order valence-corrected chi connectivity index (χ4v) is 3.25. The molecule has 2 atom stereocenters. The number of rotatable bonds is 1. The quantitative estimate of drug-likeness (QED) is 0.564. The zero-order chi connectivity index (χ0) is 9.64. The van der Waals surface area contributed by atoms with E-state index in [1.807, 2.05) is 0 Å². The van der Waals surface area contributed by atoms with E-state index < -0.39 is 0 Å². The summed E-state index contributed by atoms with van der Waals surface area (Å²) in [4.78, 5) is 11.7. The van der Waals surface area contributed by atoms with Crippen LogP contribution in [0.25, 0.3) is 0 Å². The molecule has 0 amide bonds. The third-order valence-electron chi connectivity index (χ3n) is 4.08. The molecule has 2 rings (SSSR count). The van der Waals surface area contributed by atoms with Crippen molar-refractivity contribution in [3.8, 4) is 0 Å². The summed E-state index contributed by atoms with van der Waals surface area (Å²) >= 11 is 0. The number of hydrogen-bond donors (Lipinski definition) is 0. The standard InChI is InChI=1S/C12H18O/c1-8(2)12-6-4-5-10(13)11(12)9(3)7-12/h8,11H,3-7H2,1-2H3/t11-,12-/m1/s1. The summed E-state index contributed by atoms with van der Waals surface area (Å²) in [6, 6.07) is 0. The van der Waals surface area contributed by atoms with Gasteiger partial charge in [0.2, 0.25) is 0 Å². The summed E-state index contributed by atoms with van der Waals surface area (Å²) in [7, 11) is 0. The lowest BCUT2D eigenvalue weighted by atomic mass is 9.47. The SMILES string of the molecule is C=C1C[C@@]2(C(C)C)CCCC(=O)[C@@H]12.